The van der Waals surface area contributed by atoms with Gasteiger partial charge in [-0.25, -0.2) is 0 Å². The van der Waals surface area contributed by atoms with Crippen molar-refractivity contribution in [3.63, 3.8) is 0 Å². The second-order valence-corrected chi connectivity index (χ2v) is 3.70. The predicted octanol–water partition coefficient (Wildman–Crippen LogP) is -0.0736. The second-order valence-electron chi connectivity index (χ2n) is 3.70. The number of hydrogen-bond donors (Lipinski definition) is 1. The summed E-state index contributed by atoms with van der Waals surface area (Å²) in [6, 6.07) is 0.0538. The highest BCUT2D eigenvalue weighted by Gasteiger charge is 2.35. The molecule has 2 rings (SSSR count). The summed E-state index contributed by atoms with van der Waals surface area (Å²) in [5.74, 6) is 0.427. The Balaban J connectivity index is 1.82. The van der Waals surface area contributed by atoms with Crippen LogP contribution in [-0.2, 0) is 14.3 Å². The first-order valence-electron chi connectivity index (χ1n) is 4.72. The fourth-order valence-corrected chi connectivity index (χ4v) is 1.55. The third kappa shape index (κ3) is 2.00. The fourth-order valence-electron chi connectivity index (χ4n) is 1.55. The first kappa shape index (κ1) is 8.97. The van der Waals surface area contributed by atoms with Crippen molar-refractivity contribution in [1.29, 1.82) is 0 Å². The van der Waals surface area contributed by atoms with Gasteiger partial charge in [0.2, 0.25) is 5.91 Å². The molecule has 1 amide bonds. The standard InChI is InChI=1S/C9H15NO3/c1-12-8-5-13-4-7(8)10-9(11)6-2-3-6/h6-8H,2-5H2,1H3,(H,10,11)/t7-,8-/m0/s1. The summed E-state index contributed by atoms with van der Waals surface area (Å²) in [7, 11) is 1.65. The molecule has 0 unspecified atom stereocenters. The molecule has 1 N–H and O–H groups in total. The van der Waals surface area contributed by atoms with Crippen LogP contribution in [0.4, 0.5) is 0 Å². The monoisotopic (exact) mass is 185 g/mol. The van der Waals surface area contributed by atoms with E-state index in [9.17, 15) is 4.79 Å². The quantitative estimate of drug-likeness (QED) is 0.669. The summed E-state index contributed by atoms with van der Waals surface area (Å²) in [5.41, 5.74) is 0. The van der Waals surface area contributed by atoms with E-state index in [-0.39, 0.29) is 24.0 Å². The summed E-state index contributed by atoms with van der Waals surface area (Å²) in [4.78, 5) is 11.4. The maximum atomic E-state index is 11.4. The largest absolute Gasteiger partial charge is 0.377 e. The molecule has 0 radical (unpaired) electrons. The SMILES string of the molecule is CO[C@H]1COC[C@@H]1NC(=O)C1CC1. The van der Waals surface area contributed by atoms with Gasteiger partial charge < -0.3 is 14.8 Å². The first-order valence-corrected chi connectivity index (χ1v) is 4.72. The van der Waals surface area contributed by atoms with E-state index in [1.54, 1.807) is 7.11 Å². The zero-order valence-electron chi connectivity index (χ0n) is 7.79. The molecule has 0 aromatic rings. The minimum Gasteiger partial charge on any atom is -0.377 e. The van der Waals surface area contributed by atoms with Crippen molar-refractivity contribution >= 4 is 5.91 Å². The molecule has 1 aliphatic heterocycles. The zero-order valence-corrected chi connectivity index (χ0v) is 7.79. The molecule has 2 atom stereocenters. The molecule has 1 saturated carbocycles. The Morgan fingerprint density at radius 2 is 2.23 bits per heavy atom. The molecular weight excluding hydrogens is 170 g/mol. The van der Waals surface area contributed by atoms with Gasteiger partial charge in [-0.2, -0.15) is 0 Å². The van der Waals surface area contributed by atoms with Gasteiger partial charge in [-0.15, -0.1) is 0 Å². The van der Waals surface area contributed by atoms with Gasteiger partial charge in [0.15, 0.2) is 0 Å². The number of amides is 1. The van der Waals surface area contributed by atoms with Crippen LogP contribution >= 0.6 is 0 Å². The van der Waals surface area contributed by atoms with Crippen molar-refractivity contribution in [2.75, 3.05) is 20.3 Å². The van der Waals surface area contributed by atoms with Crippen LogP contribution in [0.15, 0.2) is 0 Å². The smallest absolute Gasteiger partial charge is 0.223 e. The zero-order chi connectivity index (χ0) is 9.26. The number of hydrogen-bond acceptors (Lipinski definition) is 3. The van der Waals surface area contributed by atoms with Gasteiger partial charge in [0.25, 0.3) is 0 Å². The van der Waals surface area contributed by atoms with Gasteiger partial charge in [-0.05, 0) is 12.8 Å². The van der Waals surface area contributed by atoms with Crippen LogP contribution in [-0.4, -0.2) is 38.4 Å². The normalized spacial score (nSPS) is 33.3. The molecule has 0 spiro atoms. The number of carbonyl (C=O) groups is 1. The van der Waals surface area contributed by atoms with Gasteiger partial charge in [0.1, 0.15) is 6.10 Å². The van der Waals surface area contributed by atoms with Crippen LogP contribution in [0.1, 0.15) is 12.8 Å². The Labute approximate surface area is 77.6 Å². The Hall–Kier alpha value is -0.610. The van der Waals surface area contributed by atoms with E-state index in [1.807, 2.05) is 0 Å². The highest BCUT2D eigenvalue weighted by molar-refractivity contribution is 5.81. The average Bonchev–Trinajstić information content (AvgIpc) is 2.88. The van der Waals surface area contributed by atoms with Gasteiger partial charge in [0.05, 0.1) is 19.3 Å². The Bertz CT molecular complexity index is 203. The molecule has 4 heteroatoms. The summed E-state index contributed by atoms with van der Waals surface area (Å²) in [6.45, 7) is 1.17. The maximum absolute atomic E-state index is 11.4. The average molecular weight is 185 g/mol. The number of methoxy groups -OCH3 is 1. The second kappa shape index (κ2) is 3.64. The molecule has 4 nitrogen and oxygen atoms in total. The summed E-state index contributed by atoms with van der Waals surface area (Å²) < 4.78 is 10.4. The lowest BCUT2D eigenvalue weighted by Gasteiger charge is -2.17. The van der Waals surface area contributed by atoms with Crippen LogP contribution < -0.4 is 5.32 Å². The minimum absolute atomic E-state index is 0.0303. The van der Waals surface area contributed by atoms with E-state index in [4.69, 9.17) is 9.47 Å². The lowest BCUT2D eigenvalue weighted by Crippen LogP contribution is -2.44. The van der Waals surface area contributed by atoms with Crippen molar-refractivity contribution in [3.05, 3.63) is 0 Å². The topological polar surface area (TPSA) is 47.6 Å². The van der Waals surface area contributed by atoms with Crippen LogP contribution in [0, 0.1) is 5.92 Å². The molecule has 1 saturated heterocycles. The van der Waals surface area contributed by atoms with Crippen molar-refractivity contribution in [1.82, 2.24) is 5.32 Å². The molecule has 13 heavy (non-hydrogen) atoms. The third-order valence-corrected chi connectivity index (χ3v) is 2.61. The van der Waals surface area contributed by atoms with Gasteiger partial charge in [-0.1, -0.05) is 0 Å². The predicted molar refractivity (Wildman–Crippen MR) is 46.3 cm³/mol. The van der Waals surface area contributed by atoms with E-state index in [1.165, 1.54) is 0 Å². The van der Waals surface area contributed by atoms with Crippen molar-refractivity contribution < 1.29 is 14.3 Å². The van der Waals surface area contributed by atoms with Crippen molar-refractivity contribution in [2.45, 2.75) is 25.0 Å². The lowest BCUT2D eigenvalue weighted by atomic mass is 10.2. The molecule has 0 aromatic heterocycles. The molecule has 74 valence electrons. The van der Waals surface area contributed by atoms with Crippen LogP contribution in [0.3, 0.4) is 0 Å². The van der Waals surface area contributed by atoms with Crippen LogP contribution in [0.25, 0.3) is 0 Å². The van der Waals surface area contributed by atoms with E-state index in [0.29, 0.717) is 13.2 Å². The van der Waals surface area contributed by atoms with Crippen molar-refractivity contribution in [2.24, 2.45) is 5.92 Å². The molecule has 1 aliphatic carbocycles. The molecule has 1 heterocycles. The minimum atomic E-state index is 0.0303. The molecule has 0 bridgehead atoms. The Morgan fingerprint density at radius 3 is 2.85 bits per heavy atom. The molecule has 2 fully saturated rings. The van der Waals surface area contributed by atoms with Gasteiger partial charge in [0, 0.05) is 13.0 Å². The molecule has 0 aromatic carbocycles. The highest BCUT2D eigenvalue weighted by atomic mass is 16.5. The number of nitrogens with one attached hydrogen (secondary N) is 1. The van der Waals surface area contributed by atoms with Crippen molar-refractivity contribution in [3.8, 4) is 0 Å². The van der Waals surface area contributed by atoms with Gasteiger partial charge in [-0.3, -0.25) is 4.79 Å². The lowest BCUT2D eigenvalue weighted by molar-refractivity contribution is -0.123. The molecule has 2 aliphatic rings. The number of ether oxygens (including phenoxy) is 2. The van der Waals surface area contributed by atoms with E-state index < -0.39 is 0 Å². The maximum Gasteiger partial charge on any atom is 0.223 e. The highest BCUT2D eigenvalue weighted by Crippen LogP contribution is 2.29. The third-order valence-electron chi connectivity index (χ3n) is 2.61. The van der Waals surface area contributed by atoms with E-state index in [0.717, 1.165) is 12.8 Å². The fraction of sp³-hybridized carbons (Fsp3) is 0.889. The van der Waals surface area contributed by atoms with Crippen LogP contribution in [0.5, 0.6) is 0 Å². The first-order chi connectivity index (χ1) is 6.31. The summed E-state index contributed by atoms with van der Waals surface area (Å²) >= 11 is 0. The van der Waals surface area contributed by atoms with E-state index in [2.05, 4.69) is 5.32 Å². The number of rotatable bonds is 3. The number of carbonyl (C=O) groups excluding carboxylic acids is 1. The summed E-state index contributed by atoms with van der Waals surface area (Å²) in [6.07, 6.45) is 2.11. The Kier molecular flexibility index (Phi) is 2.51. The molecular formula is C9H15NO3. The summed E-state index contributed by atoms with van der Waals surface area (Å²) in [5, 5.41) is 2.95. The van der Waals surface area contributed by atoms with E-state index >= 15 is 0 Å². The van der Waals surface area contributed by atoms with Gasteiger partial charge >= 0.3 is 0 Å². The Morgan fingerprint density at radius 1 is 1.46 bits per heavy atom. The van der Waals surface area contributed by atoms with Crippen LogP contribution in [0.2, 0.25) is 0 Å².